The Bertz CT molecular complexity index is 1470. The van der Waals surface area contributed by atoms with Crippen LogP contribution in [0.25, 0.3) is 22.2 Å². The number of carbonyl (C=O) groups is 1. The second-order valence-corrected chi connectivity index (χ2v) is 8.47. The molecule has 9 heteroatoms. The third kappa shape index (κ3) is 3.11. The molecule has 0 fully saturated rings. The van der Waals surface area contributed by atoms with E-state index in [4.69, 9.17) is 4.74 Å². The Morgan fingerprint density at radius 3 is 2.85 bits per heavy atom. The fourth-order valence-electron chi connectivity index (χ4n) is 4.89. The first-order valence-corrected chi connectivity index (χ1v) is 10.9. The van der Waals surface area contributed by atoms with E-state index in [2.05, 4.69) is 14.8 Å². The zero-order valence-electron chi connectivity index (χ0n) is 18.5. The minimum atomic E-state index is -3.71. The third-order valence-electron chi connectivity index (χ3n) is 6.44. The first-order valence-electron chi connectivity index (χ1n) is 10.9. The van der Waals surface area contributed by atoms with Crippen LogP contribution in [-0.2, 0) is 13.5 Å². The first-order chi connectivity index (χ1) is 16.3. The quantitative estimate of drug-likeness (QED) is 0.431. The Labute approximate surface area is 193 Å². The summed E-state index contributed by atoms with van der Waals surface area (Å²) in [7, 11) is 1.76. The predicted octanol–water partition coefficient (Wildman–Crippen LogP) is 4.72. The Kier molecular flexibility index (Phi) is 4.39. The first kappa shape index (κ1) is 20.6. The van der Waals surface area contributed by atoms with Gasteiger partial charge in [-0.05, 0) is 49.7 Å². The largest absolute Gasteiger partial charge is 0.586 e. The van der Waals surface area contributed by atoms with Crippen LogP contribution < -0.4 is 9.47 Å². The van der Waals surface area contributed by atoms with Crippen molar-refractivity contribution in [1.29, 1.82) is 0 Å². The lowest BCUT2D eigenvalue weighted by atomic mass is 9.94. The van der Waals surface area contributed by atoms with Gasteiger partial charge in [0, 0.05) is 41.9 Å². The van der Waals surface area contributed by atoms with Crippen LogP contribution in [-0.4, -0.2) is 38.4 Å². The van der Waals surface area contributed by atoms with Gasteiger partial charge in [0.2, 0.25) is 0 Å². The maximum Gasteiger partial charge on any atom is 0.586 e. The molecule has 6 rings (SSSR count). The van der Waals surface area contributed by atoms with Crippen molar-refractivity contribution in [3.8, 4) is 22.8 Å². The average molecular weight is 462 g/mol. The van der Waals surface area contributed by atoms with E-state index in [9.17, 15) is 13.6 Å². The summed E-state index contributed by atoms with van der Waals surface area (Å²) in [6.07, 6.45) is -1.45. The lowest BCUT2D eigenvalue weighted by Crippen LogP contribution is -2.38. The number of rotatable bonds is 2. The van der Waals surface area contributed by atoms with E-state index < -0.39 is 6.29 Å². The number of fused-ring (bicyclic) bond motifs is 3. The van der Waals surface area contributed by atoms with Gasteiger partial charge in [0.25, 0.3) is 5.91 Å². The molecule has 0 aliphatic carbocycles. The van der Waals surface area contributed by atoms with Crippen molar-refractivity contribution in [2.75, 3.05) is 6.54 Å². The fourth-order valence-corrected chi connectivity index (χ4v) is 4.89. The highest BCUT2D eigenvalue weighted by molar-refractivity contribution is 5.98. The lowest BCUT2D eigenvalue weighted by Gasteiger charge is -2.33. The molecule has 2 aromatic carbocycles. The van der Waals surface area contributed by atoms with Gasteiger partial charge in [-0.3, -0.25) is 14.5 Å². The molecule has 0 spiro atoms. The molecule has 0 N–H and O–H groups in total. The smallest absolute Gasteiger partial charge is 0.395 e. The standard InChI is InChI=1S/C25H20F2N4O3/c1-14-21-17(10-12-31(14)24(32)16-8-9-19-15(13-16)5-4-11-28-19)22(30(2)29-21)18-6-3-7-20-23(18)34-25(26,27)33-20/h3-9,11,13-14H,10,12H2,1-2H3/t14-/m0/s1. The molecule has 0 saturated heterocycles. The van der Waals surface area contributed by atoms with Crippen LogP contribution in [0.15, 0.2) is 54.7 Å². The summed E-state index contributed by atoms with van der Waals surface area (Å²) >= 11 is 0. The second-order valence-electron chi connectivity index (χ2n) is 8.47. The molecule has 0 saturated carbocycles. The predicted molar refractivity (Wildman–Crippen MR) is 120 cm³/mol. The summed E-state index contributed by atoms with van der Waals surface area (Å²) in [6.45, 7) is 2.40. The highest BCUT2D eigenvalue weighted by Gasteiger charge is 2.45. The van der Waals surface area contributed by atoms with Crippen molar-refractivity contribution in [3.05, 3.63) is 71.5 Å². The zero-order valence-corrected chi connectivity index (χ0v) is 18.5. The van der Waals surface area contributed by atoms with Crippen LogP contribution in [0, 0.1) is 0 Å². The van der Waals surface area contributed by atoms with Gasteiger partial charge in [-0.25, -0.2) is 0 Å². The highest BCUT2D eigenvalue weighted by Crippen LogP contribution is 2.48. The molecule has 0 unspecified atom stereocenters. The Balaban J connectivity index is 1.36. The number of benzene rings is 2. The van der Waals surface area contributed by atoms with Crippen LogP contribution in [0.4, 0.5) is 8.78 Å². The van der Waals surface area contributed by atoms with Crippen LogP contribution in [0.3, 0.4) is 0 Å². The maximum absolute atomic E-state index is 13.7. The number of alkyl halides is 2. The molecule has 2 aliphatic heterocycles. The summed E-state index contributed by atoms with van der Waals surface area (Å²) in [5.74, 6) is -0.105. The molecular formula is C25H20F2N4O3. The molecular weight excluding hydrogens is 442 g/mol. The van der Waals surface area contributed by atoms with Crippen molar-refractivity contribution >= 4 is 16.8 Å². The van der Waals surface area contributed by atoms with E-state index in [1.54, 1.807) is 41.0 Å². The number of ether oxygens (including phenoxy) is 2. The van der Waals surface area contributed by atoms with Crippen LogP contribution in [0.2, 0.25) is 0 Å². The van der Waals surface area contributed by atoms with E-state index in [1.807, 2.05) is 31.2 Å². The molecule has 4 aromatic rings. The third-order valence-corrected chi connectivity index (χ3v) is 6.44. The zero-order chi connectivity index (χ0) is 23.6. The molecule has 0 bridgehead atoms. The molecule has 2 aromatic heterocycles. The van der Waals surface area contributed by atoms with Crippen molar-refractivity contribution in [1.82, 2.24) is 19.7 Å². The van der Waals surface area contributed by atoms with Gasteiger partial charge in [0.05, 0.1) is 22.9 Å². The number of hydrogen-bond acceptors (Lipinski definition) is 5. The SMILES string of the molecule is C[C@H]1c2nn(C)c(-c3cccc4c3OC(F)(F)O4)c2CCN1C(=O)c1ccc2ncccc2c1. The highest BCUT2D eigenvalue weighted by atomic mass is 19.3. The molecule has 172 valence electrons. The van der Waals surface area contributed by atoms with Gasteiger partial charge >= 0.3 is 6.29 Å². The number of pyridine rings is 1. The minimum Gasteiger partial charge on any atom is -0.395 e. The number of hydrogen-bond donors (Lipinski definition) is 0. The molecule has 34 heavy (non-hydrogen) atoms. The molecule has 7 nitrogen and oxygen atoms in total. The summed E-state index contributed by atoms with van der Waals surface area (Å²) in [5.41, 5.74) is 4.23. The van der Waals surface area contributed by atoms with E-state index in [-0.39, 0.29) is 23.4 Å². The second kappa shape index (κ2) is 7.24. The summed E-state index contributed by atoms with van der Waals surface area (Å²) < 4.78 is 38.6. The van der Waals surface area contributed by atoms with Crippen molar-refractivity contribution in [2.45, 2.75) is 25.7 Å². The van der Waals surface area contributed by atoms with E-state index in [0.29, 0.717) is 29.8 Å². The fraction of sp³-hybridized carbons (Fsp3) is 0.240. The minimum absolute atomic E-state index is 0.00534. The monoisotopic (exact) mass is 462 g/mol. The molecule has 1 atom stereocenters. The van der Waals surface area contributed by atoms with Gasteiger partial charge in [-0.2, -0.15) is 5.10 Å². The molecule has 1 amide bonds. The van der Waals surface area contributed by atoms with Crippen LogP contribution >= 0.6 is 0 Å². The summed E-state index contributed by atoms with van der Waals surface area (Å²) in [4.78, 5) is 19.5. The van der Waals surface area contributed by atoms with Gasteiger partial charge in [0.15, 0.2) is 11.5 Å². The number of para-hydroxylation sites is 1. The maximum atomic E-state index is 13.7. The van der Waals surface area contributed by atoms with Crippen molar-refractivity contribution < 1.29 is 23.0 Å². The number of nitrogens with zero attached hydrogens (tertiary/aromatic N) is 4. The van der Waals surface area contributed by atoms with Gasteiger partial charge in [-0.15, -0.1) is 8.78 Å². The van der Waals surface area contributed by atoms with Gasteiger partial charge < -0.3 is 14.4 Å². The topological polar surface area (TPSA) is 69.5 Å². The number of aromatic nitrogens is 3. The van der Waals surface area contributed by atoms with E-state index in [0.717, 1.165) is 22.2 Å². The van der Waals surface area contributed by atoms with Gasteiger partial charge in [-0.1, -0.05) is 12.1 Å². The summed E-state index contributed by atoms with van der Waals surface area (Å²) in [5, 5.41) is 5.57. The molecule has 0 radical (unpaired) electrons. The van der Waals surface area contributed by atoms with E-state index >= 15 is 0 Å². The number of aryl methyl sites for hydroxylation is 1. The lowest BCUT2D eigenvalue weighted by molar-refractivity contribution is -0.286. The Hall–Kier alpha value is -4.01. The van der Waals surface area contributed by atoms with Crippen LogP contribution in [0.5, 0.6) is 11.5 Å². The number of carbonyl (C=O) groups excluding carboxylic acids is 1. The molecule has 2 aliphatic rings. The number of amides is 1. The van der Waals surface area contributed by atoms with Gasteiger partial charge in [0.1, 0.15) is 0 Å². The van der Waals surface area contributed by atoms with Crippen LogP contribution in [0.1, 0.15) is 34.6 Å². The van der Waals surface area contributed by atoms with Crippen molar-refractivity contribution in [2.24, 2.45) is 7.05 Å². The van der Waals surface area contributed by atoms with Crippen molar-refractivity contribution in [3.63, 3.8) is 0 Å². The normalized spacial score (nSPS) is 18.2. The molecule has 4 heterocycles. The number of halogens is 2. The Morgan fingerprint density at radius 2 is 2.00 bits per heavy atom. The summed E-state index contributed by atoms with van der Waals surface area (Å²) in [6, 6.07) is 13.8. The van der Waals surface area contributed by atoms with E-state index in [1.165, 1.54) is 6.07 Å². The average Bonchev–Trinajstić information content (AvgIpc) is 3.33. The Morgan fingerprint density at radius 1 is 1.15 bits per heavy atom.